The molecule has 0 saturated carbocycles. The van der Waals surface area contributed by atoms with Crippen molar-refractivity contribution in [2.75, 3.05) is 5.32 Å². The Morgan fingerprint density at radius 3 is 2.67 bits per heavy atom. The SMILES string of the molecule is CCC(N)CC(=O)Nc1ccc(C(=O)O)c(Cl)c1. The number of rotatable bonds is 5. The first-order chi connectivity index (χ1) is 8.43. The lowest BCUT2D eigenvalue weighted by molar-refractivity contribution is -0.116. The van der Waals surface area contributed by atoms with Gasteiger partial charge in [0.05, 0.1) is 10.6 Å². The molecular formula is C12H15ClN2O3. The molecule has 1 aromatic carbocycles. The van der Waals surface area contributed by atoms with Crippen LogP contribution in [0.15, 0.2) is 18.2 Å². The third kappa shape index (κ3) is 4.01. The standard InChI is InChI=1S/C12H15ClN2O3/c1-2-7(14)5-11(16)15-8-3-4-9(12(17)18)10(13)6-8/h3-4,6-7H,2,5,14H2,1H3,(H,15,16)(H,17,18). The average molecular weight is 271 g/mol. The molecule has 0 saturated heterocycles. The van der Waals surface area contributed by atoms with Crippen LogP contribution in [-0.2, 0) is 4.79 Å². The Morgan fingerprint density at radius 1 is 1.50 bits per heavy atom. The van der Waals surface area contributed by atoms with Gasteiger partial charge < -0.3 is 16.2 Å². The lowest BCUT2D eigenvalue weighted by Gasteiger charge is -2.10. The van der Waals surface area contributed by atoms with E-state index in [-0.39, 0.29) is 29.0 Å². The zero-order chi connectivity index (χ0) is 13.7. The van der Waals surface area contributed by atoms with Gasteiger partial charge in [0.25, 0.3) is 0 Å². The molecule has 6 heteroatoms. The molecule has 18 heavy (non-hydrogen) atoms. The highest BCUT2D eigenvalue weighted by Crippen LogP contribution is 2.21. The molecule has 1 rings (SSSR count). The molecule has 1 atom stereocenters. The number of benzene rings is 1. The van der Waals surface area contributed by atoms with Crippen molar-refractivity contribution >= 4 is 29.2 Å². The number of nitrogens with two attached hydrogens (primary N) is 1. The summed E-state index contributed by atoms with van der Waals surface area (Å²) in [6.07, 6.45) is 0.931. The van der Waals surface area contributed by atoms with Crippen LogP contribution in [0.4, 0.5) is 5.69 Å². The second-order valence-corrected chi connectivity index (χ2v) is 4.33. The van der Waals surface area contributed by atoms with E-state index in [0.29, 0.717) is 12.1 Å². The van der Waals surface area contributed by atoms with Gasteiger partial charge in [0.1, 0.15) is 0 Å². The largest absolute Gasteiger partial charge is 0.478 e. The second-order valence-electron chi connectivity index (χ2n) is 3.92. The number of carboxylic acids is 1. The van der Waals surface area contributed by atoms with Crippen molar-refractivity contribution in [3.05, 3.63) is 28.8 Å². The van der Waals surface area contributed by atoms with E-state index in [2.05, 4.69) is 5.32 Å². The van der Waals surface area contributed by atoms with Gasteiger partial charge in [0.2, 0.25) is 5.91 Å². The summed E-state index contributed by atoms with van der Waals surface area (Å²) in [5.74, 6) is -1.32. The normalized spacial score (nSPS) is 11.9. The van der Waals surface area contributed by atoms with E-state index >= 15 is 0 Å². The van der Waals surface area contributed by atoms with Crippen molar-refractivity contribution < 1.29 is 14.7 Å². The van der Waals surface area contributed by atoms with Gasteiger partial charge in [-0.1, -0.05) is 18.5 Å². The molecule has 0 radical (unpaired) electrons. The van der Waals surface area contributed by atoms with Gasteiger partial charge in [-0.15, -0.1) is 0 Å². The molecule has 1 aromatic rings. The minimum atomic E-state index is -1.11. The minimum absolute atomic E-state index is 0.0000692. The van der Waals surface area contributed by atoms with Gasteiger partial charge in [-0.2, -0.15) is 0 Å². The summed E-state index contributed by atoms with van der Waals surface area (Å²) in [5.41, 5.74) is 6.11. The average Bonchev–Trinajstić information content (AvgIpc) is 2.28. The van der Waals surface area contributed by atoms with Gasteiger partial charge in [-0.25, -0.2) is 4.79 Å². The molecule has 0 bridgehead atoms. The fourth-order valence-electron chi connectivity index (χ4n) is 1.36. The molecule has 0 fully saturated rings. The number of nitrogens with one attached hydrogen (secondary N) is 1. The summed E-state index contributed by atoms with van der Waals surface area (Å²) in [4.78, 5) is 22.3. The summed E-state index contributed by atoms with van der Waals surface area (Å²) < 4.78 is 0. The van der Waals surface area contributed by atoms with E-state index in [4.69, 9.17) is 22.4 Å². The highest BCUT2D eigenvalue weighted by molar-refractivity contribution is 6.33. The van der Waals surface area contributed by atoms with Crippen molar-refractivity contribution in [2.24, 2.45) is 5.73 Å². The molecule has 1 amide bonds. The summed E-state index contributed by atoms with van der Waals surface area (Å²) in [5, 5.41) is 11.5. The lowest BCUT2D eigenvalue weighted by atomic mass is 10.1. The number of carbonyl (C=O) groups is 2. The quantitative estimate of drug-likeness (QED) is 0.764. The molecule has 0 aromatic heterocycles. The Balaban J connectivity index is 2.72. The first-order valence-electron chi connectivity index (χ1n) is 5.52. The molecule has 4 N–H and O–H groups in total. The molecule has 0 aliphatic rings. The molecule has 0 heterocycles. The molecular weight excluding hydrogens is 256 g/mol. The molecule has 0 aliphatic heterocycles. The molecule has 0 aliphatic carbocycles. The fraction of sp³-hybridized carbons (Fsp3) is 0.333. The van der Waals surface area contributed by atoms with Crippen LogP contribution >= 0.6 is 11.6 Å². The van der Waals surface area contributed by atoms with Crippen LogP contribution in [0, 0.1) is 0 Å². The predicted molar refractivity (Wildman–Crippen MR) is 69.9 cm³/mol. The van der Waals surface area contributed by atoms with Crippen molar-refractivity contribution in [1.29, 1.82) is 0 Å². The van der Waals surface area contributed by atoms with Gasteiger partial charge in [0, 0.05) is 18.2 Å². The summed E-state index contributed by atoms with van der Waals surface area (Å²) >= 11 is 5.78. The maximum Gasteiger partial charge on any atom is 0.337 e. The van der Waals surface area contributed by atoms with E-state index < -0.39 is 5.97 Å². The first kappa shape index (κ1) is 14.5. The van der Waals surface area contributed by atoms with Crippen LogP contribution < -0.4 is 11.1 Å². The molecule has 0 spiro atoms. The maximum absolute atomic E-state index is 11.6. The number of hydrogen-bond donors (Lipinski definition) is 3. The van der Waals surface area contributed by atoms with Crippen LogP contribution in [0.5, 0.6) is 0 Å². The van der Waals surface area contributed by atoms with Crippen molar-refractivity contribution in [3.63, 3.8) is 0 Å². The number of anilines is 1. The van der Waals surface area contributed by atoms with Crippen molar-refractivity contribution in [1.82, 2.24) is 0 Å². The lowest BCUT2D eigenvalue weighted by Crippen LogP contribution is -2.26. The number of carboxylic acid groups (broad SMARTS) is 1. The second kappa shape index (κ2) is 6.37. The highest BCUT2D eigenvalue weighted by atomic mass is 35.5. The Labute approximate surface area is 110 Å². The first-order valence-corrected chi connectivity index (χ1v) is 5.90. The number of halogens is 1. The maximum atomic E-state index is 11.6. The Kier molecular flexibility index (Phi) is 5.12. The van der Waals surface area contributed by atoms with E-state index in [1.165, 1.54) is 18.2 Å². The monoisotopic (exact) mass is 270 g/mol. The van der Waals surface area contributed by atoms with E-state index in [0.717, 1.165) is 0 Å². The third-order valence-corrected chi connectivity index (χ3v) is 2.77. The predicted octanol–water partition coefficient (Wildman–Crippen LogP) is 2.10. The Bertz CT molecular complexity index is 463. The van der Waals surface area contributed by atoms with Crippen molar-refractivity contribution in [3.8, 4) is 0 Å². The van der Waals surface area contributed by atoms with Gasteiger partial charge in [-0.05, 0) is 24.6 Å². The molecule has 98 valence electrons. The van der Waals surface area contributed by atoms with E-state index in [9.17, 15) is 9.59 Å². The van der Waals surface area contributed by atoms with Crippen LogP contribution in [-0.4, -0.2) is 23.0 Å². The smallest absolute Gasteiger partial charge is 0.337 e. The summed E-state index contributed by atoms with van der Waals surface area (Å²) in [6, 6.07) is 4.06. The number of amides is 1. The van der Waals surface area contributed by atoms with Crippen LogP contribution in [0.25, 0.3) is 0 Å². The number of aromatic carboxylic acids is 1. The topological polar surface area (TPSA) is 92.4 Å². The summed E-state index contributed by atoms with van der Waals surface area (Å²) in [7, 11) is 0. The Morgan fingerprint density at radius 2 is 2.17 bits per heavy atom. The third-order valence-electron chi connectivity index (χ3n) is 2.46. The van der Waals surface area contributed by atoms with Gasteiger partial charge >= 0.3 is 5.97 Å². The van der Waals surface area contributed by atoms with E-state index in [1.807, 2.05) is 6.92 Å². The summed E-state index contributed by atoms with van der Waals surface area (Å²) in [6.45, 7) is 1.90. The zero-order valence-corrected chi connectivity index (χ0v) is 10.7. The number of hydrogen-bond acceptors (Lipinski definition) is 3. The van der Waals surface area contributed by atoms with Crippen LogP contribution in [0.3, 0.4) is 0 Å². The Hall–Kier alpha value is -1.59. The van der Waals surface area contributed by atoms with Crippen LogP contribution in [0.2, 0.25) is 5.02 Å². The van der Waals surface area contributed by atoms with Gasteiger partial charge in [0.15, 0.2) is 0 Å². The molecule has 1 unspecified atom stereocenters. The molecule has 5 nitrogen and oxygen atoms in total. The van der Waals surface area contributed by atoms with E-state index in [1.54, 1.807) is 0 Å². The fourth-order valence-corrected chi connectivity index (χ4v) is 1.62. The highest BCUT2D eigenvalue weighted by Gasteiger charge is 2.11. The van der Waals surface area contributed by atoms with Crippen LogP contribution in [0.1, 0.15) is 30.1 Å². The van der Waals surface area contributed by atoms with Crippen molar-refractivity contribution in [2.45, 2.75) is 25.8 Å². The van der Waals surface area contributed by atoms with Gasteiger partial charge in [-0.3, -0.25) is 4.79 Å². The minimum Gasteiger partial charge on any atom is -0.478 e. The number of carbonyl (C=O) groups excluding carboxylic acids is 1. The zero-order valence-electron chi connectivity index (χ0n) is 9.94.